The zero-order valence-corrected chi connectivity index (χ0v) is 15.8. The molecule has 0 aromatic heterocycles. The number of aliphatic imine (C=N–C) groups is 1. The number of benzene rings is 1. The molecular formula is C14H22F2IN3S. The molecule has 0 spiro atoms. The van der Waals surface area contributed by atoms with Crippen LogP contribution in [0.4, 0.5) is 14.5 Å². The van der Waals surface area contributed by atoms with Gasteiger partial charge in [0.05, 0.1) is 12.2 Å². The quantitative estimate of drug-likeness (QED) is 0.431. The Morgan fingerprint density at radius 3 is 2.52 bits per heavy atom. The second kappa shape index (κ2) is 8.77. The fourth-order valence-corrected chi connectivity index (χ4v) is 2.58. The Morgan fingerprint density at radius 2 is 2.00 bits per heavy atom. The first-order chi connectivity index (χ1) is 9.24. The van der Waals surface area contributed by atoms with Gasteiger partial charge in [-0.05, 0) is 23.8 Å². The molecule has 1 rings (SSSR count). The van der Waals surface area contributed by atoms with Crippen LogP contribution < -0.4 is 11.1 Å². The minimum Gasteiger partial charge on any atom is -0.370 e. The lowest BCUT2D eigenvalue weighted by Gasteiger charge is -2.27. The van der Waals surface area contributed by atoms with Crippen LogP contribution in [0.5, 0.6) is 0 Å². The van der Waals surface area contributed by atoms with E-state index >= 15 is 0 Å². The zero-order chi connectivity index (χ0) is 15.3. The molecule has 0 saturated heterocycles. The molecule has 0 saturated carbocycles. The van der Waals surface area contributed by atoms with Crippen LogP contribution in [0.1, 0.15) is 20.8 Å². The standard InChI is InChI=1S/C14H21F2N3S.HI/c1-14(2,3)12(20-4)8-18-13(17)19-11-7-9(15)5-6-10(11)16;/h5-7,12H,8H2,1-4H3,(H3,17,18,19);1H. The molecule has 1 aromatic rings. The second-order valence-electron chi connectivity index (χ2n) is 5.57. The van der Waals surface area contributed by atoms with Crippen LogP contribution >= 0.6 is 35.7 Å². The van der Waals surface area contributed by atoms with Crippen LogP contribution in [0.3, 0.4) is 0 Å². The van der Waals surface area contributed by atoms with Gasteiger partial charge in [-0.25, -0.2) is 8.78 Å². The summed E-state index contributed by atoms with van der Waals surface area (Å²) in [6.07, 6.45) is 2.02. The van der Waals surface area contributed by atoms with Gasteiger partial charge in [-0.2, -0.15) is 11.8 Å². The van der Waals surface area contributed by atoms with Crippen molar-refractivity contribution in [1.82, 2.24) is 0 Å². The molecule has 7 heteroatoms. The van der Waals surface area contributed by atoms with Gasteiger partial charge in [-0.3, -0.25) is 4.99 Å². The number of thioether (sulfide) groups is 1. The highest BCUT2D eigenvalue weighted by Gasteiger charge is 2.23. The van der Waals surface area contributed by atoms with E-state index in [0.29, 0.717) is 11.8 Å². The van der Waals surface area contributed by atoms with Gasteiger partial charge in [-0.15, -0.1) is 24.0 Å². The van der Waals surface area contributed by atoms with Crippen LogP contribution in [0.2, 0.25) is 0 Å². The number of halogens is 3. The van der Waals surface area contributed by atoms with Crippen LogP contribution in [0.15, 0.2) is 23.2 Å². The smallest absolute Gasteiger partial charge is 0.193 e. The van der Waals surface area contributed by atoms with Gasteiger partial charge < -0.3 is 11.1 Å². The largest absolute Gasteiger partial charge is 0.370 e. The number of nitrogens with two attached hydrogens (primary N) is 1. The van der Waals surface area contributed by atoms with E-state index in [-0.39, 0.29) is 41.0 Å². The number of guanidine groups is 1. The van der Waals surface area contributed by atoms with E-state index in [2.05, 4.69) is 31.1 Å². The van der Waals surface area contributed by atoms with Gasteiger partial charge in [0, 0.05) is 11.3 Å². The first-order valence-corrected chi connectivity index (χ1v) is 7.57. The Hall–Kier alpha value is -0.570. The third kappa shape index (κ3) is 6.82. The molecule has 1 aromatic carbocycles. The van der Waals surface area contributed by atoms with Gasteiger partial charge >= 0.3 is 0 Å². The lowest BCUT2D eigenvalue weighted by Crippen LogP contribution is -2.29. The normalized spacial score (nSPS) is 13.5. The summed E-state index contributed by atoms with van der Waals surface area (Å²) in [7, 11) is 0. The lowest BCUT2D eigenvalue weighted by atomic mass is 9.92. The Kier molecular flexibility index (Phi) is 8.53. The molecule has 1 atom stereocenters. The molecule has 0 amide bonds. The summed E-state index contributed by atoms with van der Waals surface area (Å²) < 4.78 is 26.5. The molecule has 0 radical (unpaired) electrons. The molecule has 0 aliphatic rings. The zero-order valence-electron chi connectivity index (χ0n) is 12.6. The first kappa shape index (κ1) is 20.4. The average Bonchev–Trinajstić information content (AvgIpc) is 2.33. The maximum atomic E-state index is 13.4. The monoisotopic (exact) mass is 429 g/mol. The Morgan fingerprint density at radius 1 is 1.38 bits per heavy atom. The van der Waals surface area contributed by atoms with Gasteiger partial charge in [0.2, 0.25) is 0 Å². The fraction of sp³-hybridized carbons (Fsp3) is 0.500. The van der Waals surface area contributed by atoms with Crippen molar-refractivity contribution in [3.8, 4) is 0 Å². The summed E-state index contributed by atoms with van der Waals surface area (Å²) in [6, 6.07) is 3.15. The molecule has 0 bridgehead atoms. The number of nitrogens with one attached hydrogen (secondary N) is 1. The number of hydrogen-bond donors (Lipinski definition) is 2. The van der Waals surface area contributed by atoms with Crippen LogP contribution in [0, 0.1) is 17.0 Å². The van der Waals surface area contributed by atoms with E-state index in [1.54, 1.807) is 11.8 Å². The predicted molar refractivity (Wildman–Crippen MR) is 98.6 cm³/mol. The molecule has 1 unspecified atom stereocenters. The van der Waals surface area contributed by atoms with Gasteiger partial charge in [0.1, 0.15) is 11.6 Å². The van der Waals surface area contributed by atoms with E-state index in [4.69, 9.17) is 5.73 Å². The van der Waals surface area contributed by atoms with Crippen molar-refractivity contribution in [2.24, 2.45) is 16.1 Å². The van der Waals surface area contributed by atoms with E-state index in [9.17, 15) is 8.78 Å². The van der Waals surface area contributed by atoms with Crippen molar-refractivity contribution < 1.29 is 8.78 Å². The minimum absolute atomic E-state index is 0. The molecule has 21 heavy (non-hydrogen) atoms. The third-order valence-corrected chi connectivity index (χ3v) is 4.29. The van der Waals surface area contributed by atoms with E-state index < -0.39 is 11.6 Å². The number of rotatable bonds is 4. The van der Waals surface area contributed by atoms with Crippen molar-refractivity contribution >= 4 is 47.4 Å². The van der Waals surface area contributed by atoms with Crippen molar-refractivity contribution in [1.29, 1.82) is 0 Å². The molecule has 0 aliphatic carbocycles. The summed E-state index contributed by atoms with van der Waals surface area (Å²) in [5.74, 6) is -1.02. The number of nitrogens with zero attached hydrogens (tertiary/aromatic N) is 1. The molecular weight excluding hydrogens is 407 g/mol. The molecule has 3 N–H and O–H groups in total. The Balaban J connectivity index is 0.00000400. The third-order valence-electron chi connectivity index (χ3n) is 2.87. The van der Waals surface area contributed by atoms with Crippen LogP contribution in [0.25, 0.3) is 0 Å². The highest BCUT2D eigenvalue weighted by Crippen LogP contribution is 2.28. The topological polar surface area (TPSA) is 50.4 Å². The summed E-state index contributed by atoms with van der Waals surface area (Å²) in [6.45, 7) is 6.89. The van der Waals surface area contributed by atoms with E-state index in [0.717, 1.165) is 18.2 Å². The SMILES string of the molecule is CSC(CN=C(N)Nc1cc(F)ccc1F)C(C)(C)C.I. The Bertz CT molecular complexity index is 490. The molecule has 0 heterocycles. The Labute approximate surface area is 146 Å². The van der Waals surface area contributed by atoms with Crippen LogP contribution in [-0.4, -0.2) is 24.0 Å². The molecule has 120 valence electrons. The highest BCUT2D eigenvalue weighted by molar-refractivity contribution is 14.0. The maximum Gasteiger partial charge on any atom is 0.193 e. The summed E-state index contributed by atoms with van der Waals surface area (Å²) in [4.78, 5) is 4.20. The molecule has 0 aliphatic heterocycles. The summed E-state index contributed by atoms with van der Waals surface area (Å²) >= 11 is 1.71. The second-order valence-corrected chi connectivity index (χ2v) is 6.61. The van der Waals surface area contributed by atoms with Gasteiger partial charge in [-0.1, -0.05) is 20.8 Å². The van der Waals surface area contributed by atoms with E-state index in [1.807, 2.05) is 6.26 Å². The summed E-state index contributed by atoms with van der Waals surface area (Å²) in [5.41, 5.74) is 5.79. The predicted octanol–water partition coefficient (Wildman–Crippen LogP) is 4.09. The molecule has 3 nitrogen and oxygen atoms in total. The summed E-state index contributed by atoms with van der Waals surface area (Å²) in [5, 5.41) is 2.88. The number of anilines is 1. The molecule has 0 fully saturated rings. The van der Waals surface area contributed by atoms with Crippen molar-refractivity contribution in [3.63, 3.8) is 0 Å². The van der Waals surface area contributed by atoms with Crippen LogP contribution in [-0.2, 0) is 0 Å². The van der Waals surface area contributed by atoms with Crippen molar-refractivity contribution in [2.75, 3.05) is 18.1 Å². The average molecular weight is 429 g/mol. The van der Waals surface area contributed by atoms with Gasteiger partial charge in [0.15, 0.2) is 5.96 Å². The highest BCUT2D eigenvalue weighted by atomic mass is 127. The van der Waals surface area contributed by atoms with E-state index in [1.165, 1.54) is 0 Å². The van der Waals surface area contributed by atoms with Crippen molar-refractivity contribution in [3.05, 3.63) is 29.8 Å². The fourth-order valence-electron chi connectivity index (χ4n) is 1.65. The first-order valence-electron chi connectivity index (χ1n) is 6.29. The lowest BCUT2D eigenvalue weighted by molar-refractivity contribution is 0.399. The van der Waals surface area contributed by atoms with Gasteiger partial charge in [0.25, 0.3) is 0 Å². The maximum absolute atomic E-state index is 13.4. The van der Waals surface area contributed by atoms with Crippen molar-refractivity contribution in [2.45, 2.75) is 26.0 Å². The number of hydrogen-bond acceptors (Lipinski definition) is 2. The minimum atomic E-state index is -0.568.